The molecule has 1 fully saturated rings. The summed E-state index contributed by atoms with van der Waals surface area (Å²) < 4.78 is 2.44. The molecule has 0 saturated heterocycles. The fraction of sp³-hybridized carbons (Fsp3) is 0.692. The second kappa shape index (κ2) is 11.1. The summed E-state index contributed by atoms with van der Waals surface area (Å²) in [6.07, 6.45) is 10.2. The first-order chi connectivity index (χ1) is 15.0. The number of nitrogens with one attached hydrogen (secondary N) is 1. The Morgan fingerprint density at radius 1 is 1.19 bits per heavy atom. The molecule has 0 aliphatic heterocycles. The number of benzene rings is 1. The van der Waals surface area contributed by atoms with Crippen LogP contribution in [0.4, 0.5) is 0 Å². The van der Waals surface area contributed by atoms with E-state index in [0.29, 0.717) is 17.5 Å². The van der Waals surface area contributed by atoms with E-state index in [4.69, 9.17) is 4.98 Å². The van der Waals surface area contributed by atoms with Crippen molar-refractivity contribution >= 4 is 16.9 Å². The van der Waals surface area contributed by atoms with Crippen LogP contribution >= 0.6 is 0 Å². The second-order valence-corrected chi connectivity index (χ2v) is 9.75. The van der Waals surface area contributed by atoms with E-state index in [9.17, 15) is 9.90 Å². The van der Waals surface area contributed by atoms with Crippen molar-refractivity contribution in [3.63, 3.8) is 0 Å². The van der Waals surface area contributed by atoms with Crippen LogP contribution < -0.4 is 5.32 Å². The highest BCUT2D eigenvalue weighted by molar-refractivity contribution is 5.97. The normalized spacial score (nSPS) is 16.0. The molecule has 1 aromatic carbocycles. The van der Waals surface area contributed by atoms with Gasteiger partial charge in [0.1, 0.15) is 5.82 Å². The van der Waals surface area contributed by atoms with Crippen molar-refractivity contribution in [3.05, 3.63) is 29.6 Å². The average molecular weight is 428 g/mol. The third-order valence-electron chi connectivity index (χ3n) is 6.93. The van der Waals surface area contributed by atoms with Crippen LogP contribution in [0.3, 0.4) is 0 Å². The molecule has 1 aliphatic carbocycles. The molecule has 2 N–H and O–H groups in total. The number of aliphatic hydroxyl groups is 1. The molecule has 1 atom stereocenters. The van der Waals surface area contributed by atoms with Crippen LogP contribution in [0.25, 0.3) is 11.0 Å². The molecule has 1 heterocycles. The van der Waals surface area contributed by atoms with Gasteiger partial charge in [-0.25, -0.2) is 4.98 Å². The topological polar surface area (TPSA) is 67.2 Å². The quantitative estimate of drug-likeness (QED) is 0.486. The Kier molecular flexibility index (Phi) is 8.53. The predicted octanol–water partition coefficient (Wildman–Crippen LogP) is 5.66. The zero-order valence-electron chi connectivity index (χ0n) is 19.9. The Labute approximate surface area is 187 Å². The number of imidazole rings is 1. The molecule has 5 nitrogen and oxygen atoms in total. The molecule has 2 aromatic rings. The highest BCUT2D eigenvalue weighted by Gasteiger charge is 2.23. The van der Waals surface area contributed by atoms with E-state index < -0.39 is 0 Å². The Hall–Kier alpha value is -1.88. The number of aliphatic hydroxyl groups excluding tert-OH is 1. The van der Waals surface area contributed by atoms with E-state index in [1.54, 1.807) is 0 Å². The Morgan fingerprint density at radius 3 is 2.52 bits per heavy atom. The van der Waals surface area contributed by atoms with Gasteiger partial charge in [-0.3, -0.25) is 4.79 Å². The van der Waals surface area contributed by atoms with Gasteiger partial charge in [-0.15, -0.1) is 0 Å². The molecule has 5 heteroatoms. The monoisotopic (exact) mass is 427 g/mol. The van der Waals surface area contributed by atoms with Gasteiger partial charge >= 0.3 is 0 Å². The van der Waals surface area contributed by atoms with E-state index in [0.717, 1.165) is 49.1 Å². The number of hydrogen-bond donors (Lipinski definition) is 2. The summed E-state index contributed by atoms with van der Waals surface area (Å²) in [6.45, 7) is 8.77. The van der Waals surface area contributed by atoms with Crippen LogP contribution in [0.1, 0.15) is 101 Å². The standard InChI is InChI=1S/C26H41N3O2/c1-5-22(6-2)29-24-14-12-20(26(31)27-21(17-30)13-11-18(3)4)16-23(24)28-25(29)15-19-9-7-8-10-19/h12,14,16,18-19,21-22,30H,5-11,13,15,17H2,1-4H3,(H,27,31)/t21-/m1/s1. The Balaban J connectivity index is 1.85. The van der Waals surface area contributed by atoms with E-state index >= 15 is 0 Å². The second-order valence-electron chi connectivity index (χ2n) is 9.75. The van der Waals surface area contributed by atoms with Crippen LogP contribution in [0.15, 0.2) is 18.2 Å². The molecule has 1 aromatic heterocycles. The average Bonchev–Trinajstić information content (AvgIpc) is 3.39. The first-order valence-electron chi connectivity index (χ1n) is 12.4. The van der Waals surface area contributed by atoms with Gasteiger partial charge in [0.15, 0.2) is 0 Å². The molecule has 0 unspecified atom stereocenters. The summed E-state index contributed by atoms with van der Waals surface area (Å²) in [5.74, 6) is 2.34. The lowest BCUT2D eigenvalue weighted by molar-refractivity contribution is 0.0911. The van der Waals surface area contributed by atoms with Crippen molar-refractivity contribution in [3.8, 4) is 0 Å². The SMILES string of the molecule is CCC(CC)n1c(CC2CCCC2)nc2cc(C(=O)N[C@@H](CO)CCC(C)C)ccc21. The number of aromatic nitrogens is 2. The lowest BCUT2D eigenvalue weighted by Crippen LogP contribution is -2.37. The van der Waals surface area contributed by atoms with Crippen molar-refractivity contribution < 1.29 is 9.90 Å². The van der Waals surface area contributed by atoms with Crippen molar-refractivity contribution in [2.75, 3.05) is 6.61 Å². The van der Waals surface area contributed by atoms with Crippen LogP contribution in [-0.2, 0) is 6.42 Å². The minimum atomic E-state index is -0.203. The van der Waals surface area contributed by atoms with Gasteiger partial charge in [0.2, 0.25) is 0 Å². The fourth-order valence-corrected chi connectivity index (χ4v) is 4.98. The Bertz CT molecular complexity index is 848. The van der Waals surface area contributed by atoms with Crippen LogP contribution in [0.5, 0.6) is 0 Å². The van der Waals surface area contributed by atoms with Gasteiger partial charge in [0, 0.05) is 18.0 Å². The van der Waals surface area contributed by atoms with Gasteiger partial charge in [-0.05, 0) is 55.7 Å². The number of fused-ring (bicyclic) bond motifs is 1. The summed E-state index contributed by atoms with van der Waals surface area (Å²) in [4.78, 5) is 17.9. The highest BCUT2D eigenvalue weighted by Crippen LogP contribution is 2.32. The third-order valence-corrected chi connectivity index (χ3v) is 6.93. The largest absolute Gasteiger partial charge is 0.394 e. The molecule has 0 bridgehead atoms. The number of amides is 1. The molecular formula is C26H41N3O2. The van der Waals surface area contributed by atoms with Crippen molar-refractivity contribution in [2.45, 2.75) is 97.6 Å². The summed E-state index contributed by atoms with van der Waals surface area (Å²) >= 11 is 0. The molecule has 31 heavy (non-hydrogen) atoms. The van der Waals surface area contributed by atoms with Gasteiger partial charge in [0.05, 0.1) is 23.7 Å². The number of nitrogens with zero attached hydrogens (tertiary/aromatic N) is 2. The van der Waals surface area contributed by atoms with E-state index in [2.05, 4.69) is 43.6 Å². The van der Waals surface area contributed by atoms with E-state index in [1.807, 2.05) is 12.1 Å². The summed E-state index contributed by atoms with van der Waals surface area (Å²) in [7, 11) is 0. The molecule has 0 radical (unpaired) electrons. The molecule has 172 valence electrons. The van der Waals surface area contributed by atoms with Crippen LogP contribution in [0, 0.1) is 11.8 Å². The molecule has 1 saturated carbocycles. The van der Waals surface area contributed by atoms with Crippen LogP contribution in [-0.4, -0.2) is 33.2 Å². The van der Waals surface area contributed by atoms with E-state index in [-0.39, 0.29) is 18.6 Å². The highest BCUT2D eigenvalue weighted by atomic mass is 16.3. The maximum atomic E-state index is 12.9. The number of carbonyl (C=O) groups excluding carboxylic acids is 1. The number of rotatable bonds is 11. The van der Waals surface area contributed by atoms with Gasteiger partial charge < -0.3 is 15.0 Å². The van der Waals surface area contributed by atoms with Crippen LogP contribution in [0.2, 0.25) is 0 Å². The molecule has 3 rings (SSSR count). The zero-order valence-corrected chi connectivity index (χ0v) is 19.9. The van der Waals surface area contributed by atoms with Crippen molar-refractivity contribution in [1.82, 2.24) is 14.9 Å². The van der Waals surface area contributed by atoms with Crippen molar-refractivity contribution in [1.29, 1.82) is 0 Å². The fourth-order valence-electron chi connectivity index (χ4n) is 4.98. The molecule has 0 spiro atoms. The third kappa shape index (κ3) is 5.88. The maximum Gasteiger partial charge on any atom is 0.251 e. The summed E-state index contributed by atoms with van der Waals surface area (Å²) in [5.41, 5.74) is 2.67. The Morgan fingerprint density at radius 2 is 1.90 bits per heavy atom. The zero-order chi connectivity index (χ0) is 22.4. The van der Waals surface area contributed by atoms with Crippen molar-refractivity contribution in [2.24, 2.45) is 11.8 Å². The minimum absolute atomic E-state index is 0.0322. The lowest BCUT2D eigenvalue weighted by atomic mass is 10.0. The number of hydrogen-bond acceptors (Lipinski definition) is 3. The first kappa shape index (κ1) is 23.8. The smallest absolute Gasteiger partial charge is 0.251 e. The van der Waals surface area contributed by atoms with E-state index in [1.165, 1.54) is 31.5 Å². The van der Waals surface area contributed by atoms with Gasteiger partial charge in [-0.1, -0.05) is 53.4 Å². The minimum Gasteiger partial charge on any atom is -0.394 e. The number of carbonyl (C=O) groups is 1. The maximum absolute atomic E-state index is 12.9. The summed E-state index contributed by atoms with van der Waals surface area (Å²) in [5, 5.41) is 12.7. The lowest BCUT2D eigenvalue weighted by Gasteiger charge is -2.20. The summed E-state index contributed by atoms with van der Waals surface area (Å²) in [6, 6.07) is 6.14. The van der Waals surface area contributed by atoms with Gasteiger partial charge in [0.25, 0.3) is 5.91 Å². The first-order valence-corrected chi connectivity index (χ1v) is 12.4. The van der Waals surface area contributed by atoms with Gasteiger partial charge in [-0.2, -0.15) is 0 Å². The molecule has 1 amide bonds. The molecule has 1 aliphatic rings. The predicted molar refractivity (Wildman–Crippen MR) is 127 cm³/mol. The molecular weight excluding hydrogens is 386 g/mol.